The minimum absolute atomic E-state index is 0.0717. The summed E-state index contributed by atoms with van der Waals surface area (Å²) in [5.41, 5.74) is 10.5. The average molecular weight is 381 g/mol. The SMILES string of the molecule is C[C@H](N)c1ccc2c(c1)ncn2-c1cccc(-c2ccc(C(F)(F)F)cc2)c1. The van der Waals surface area contributed by atoms with Crippen LogP contribution < -0.4 is 5.73 Å². The van der Waals surface area contributed by atoms with Crippen molar-refractivity contribution in [2.24, 2.45) is 5.73 Å². The minimum atomic E-state index is -4.34. The zero-order chi connectivity index (χ0) is 19.9. The van der Waals surface area contributed by atoms with Crippen molar-refractivity contribution in [3.05, 3.63) is 84.2 Å². The lowest BCUT2D eigenvalue weighted by Gasteiger charge is -2.10. The fourth-order valence-corrected chi connectivity index (χ4v) is 3.21. The van der Waals surface area contributed by atoms with Gasteiger partial charge in [0.2, 0.25) is 0 Å². The van der Waals surface area contributed by atoms with Crippen LogP contribution in [-0.2, 0) is 6.18 Å². The van der Waals surface area contributed by atoms with Crippen LogP contribution in [0.15, 0.2) is 73.1 Å². The largest absolute Gasteiger partial charge is 0.416 e. The van der Waals surface area contributed by atoms with Gasteiger partial charge in [-0.1, -0.05) is 30.3 Å². The second-order valence-electron chi connectivity index (χ2n) is 6.78. The lowest BCUT2D eigenvalue weighted by Crippen LogP contribution is -2.04. The molecule has 1 atom stereocenters. The third-order valence-electron chi connectivity index (χ3n) is 4.77. The number of halogens is 3. The van der Waals surface area contributed by atoms with Gasteiger partial charge in [-0.25, -0.2) is 4.98 Å². The summed E-state index contributed by atoms with van der Waals surface area (Å²) in [6.07, 6.45) is -2.60. The zero-order valence-corrected chi connectivity index (χ0v) is 15.1. The number of nitrogens with zero attached hydrogens (tertiary/aromatic N) is 2. The summed E-state index contributed by atoms with van der Waals surface area (Å²) in [6.45, 7) is 1.92. The summed E-state index contributed by atoms with van der Waals surface area (Å²) < 4.78 is 40.3. The molecular weight excluding hydrogens is 363 g/mol. The molecule has 0 saturated carbocycles. The number of imidazole rings is 1. The summed E-state index contributed by atoms with van der Waals surface area (Å²) in [6, 6.07) is 18.7. The van der Waals surface area contributed by atoms with Crippen molar-refractivity contribution in [1.29, 1.82) is 0 Å². The number of fused-ring (bicyclic) bond motifs is 1. The zero-order valence-electron chi connectivity index (χ0n) is 15.1. The van der Waals surface area contributed by atoms with E-state index in [0.717, 1.165) is 45.5 Å². The number of hydrogen-bond donors (Lipinski definition) is 1. The molecule has 28 heavy (non-hydrogen) atoms. The Balaban J connectivity index is 1.72. The molecule has 2 N–H and O–H groups in total. The Kier molecular flexibility index (Phi) is 4.43. The van der Waals surface area contributed by atoms with Gasteiger partial charge in [0.1, 0.15) is 6.33 Å². The van der Waals surface area contributed by atoms with Gasteiger partial charge in [0.05, 0.1) is 16.6 Å². The Labute approximate surface area is 160 Å². The predicted molar refractivity (Wildman–Crippen MR) is 104 cm³/mol. The molecule has 3 aromatic carbocycles. The number of alkyl halides is 3. The maximum atomic E-state index is 12.8. The first kappa shape index (κ1) is 18.3. The van der Waals surface area contributed by atoms with E-state index in [4.69, 9.17) is 5.73 Å². The van der Waals surface area contributed by atoms with Gasteiger partial charge < -0.3 is 5.73 Å². The van der Waals surface area contributed by atoms with Gasteiger partial charge in [-0.15, -0.1) is 0 Å². The van der Waals surface area contributed by atoms with Crippen molar-refractivity contribution in [3.8, 4) is 16.8 Å². The first-order valence-corrected chi connectivity index (χ1v) is 8.83. The monoisotopic (exact) mass is 381 g/mol. The number of hydrogen-bond acceptors (Lipinski definition) is 2. The van der Waals surface area contributed by atoms with Crippen molar-refractivity contribution in [3.63, 3.8) is 0 Å². The van der Waals surface area contributed by atoms with Gasteiger partial charge in [0.25, 0.3) is 0 Å². The maximum Gasteiger partial charge on any atom is 0.416 e. The standard InChI is InChI=1S/C22H18F3N3/c1-14(26)16-7-10-21-20(12-16)27-13-28(21)19-4-2-3-17(11-19)15-5-8-18(9-6-15)22(23,24)25/h2-14H,26H2,1H3/t14-/m0/s1. The molecule has 0 fully saturated rings. The van der Waals surface area contributed by atoms with Crippen LogP contribution in [0.1, 0.15) is 24.1 Å². The van der Waals surface area contributed by atoms with Crippen LogP contribution in [0.25, 0.3) is 27.8 Å². The molecule has 0 amide bonds. The molecule has 0 radical (unpaired) electrons. The highest BCUT2D eigenvalue weighted by Crippen LogP contribution is 2.31. The Hall–Kier alpha value is -3.12. The summed E-state index contributed by atoms with van der Waals surface area (Å²) in [5, 5.41) is 0. The highest BCUT2D eigenvalue weighted by Gasteiger charge is 2.29. The lowest BCUT2D eigenvalue weighted by molar-refractivity contribution is -0.137. The molecule has 0 bridgehead atoms. The van der Waals surface area contributed by atoms with Crippen LogP contribution in [0.4, 0.5) is 13.2 Å². The van der Waals surface area contributed by atoms with Crippen LogP contribution in [0.3, 0.4) is 0 Å². The van der Waals surface area contributed by atoms with E-state index in [2.05, 4.69) is 4.98 Å². The average Bonchev–Trinajstić information content (AvgIpc) is 3.11. The van der Waals surface area contributed by atoms with Crippen molar-refractivity contribution < 1.29 is 13.2 Å². The van der Waals surface area contributed by atoms with E-state index >= 15 is 0 Å². The van der Waals surface area contributed by atoms with E-state index in [9.17, 15) is 13.2 Å². The molecule has 0 unspecified atom stereocenters. The molecule has 1 aromatic heterocycles. The molecule has 0 aliphatic heterocycles. The molecule has 6 heteroatoms. The van der Waals surface area contributed by atoms with Gasteiger partial charge in [-0.3, -0.25) is 4.57 Å². The van der Waals surface area contributed by atoms with Crippen molar-refractivity contribution in [1.82, 2.24) is 9.55 Å². The van der Waals surface area contributed by atoms with E-state index in [-0.39, 0.29) is 6.04 Å². The van der Waals surface area contributed by atoms with E-state index in [0.29, 0.717) is 0 Å². The molecule has 0 aliphatic rings. The molecule has 0 spiro atoms. The number of benzene rings is 3. The molecule has 0 saturated heterocycles. The van der Waals surface area contributed by atoms with Crippen LogP contribution >= 0.6 is 0 Å². The van der Waals surface area contributed by atoms with Crippen molar-refractivity contribution in [2.45, 2.75) is 19.1 Å². The van der Waals surface area contributed by atoms with Gasteiger partial charge in [-0.05, 0) is 60.0 Å². The summed E-state index contributed by atoms with van der Waals surface area (Å²) in [4.78, 5) is 4.46. The molecule has 3 nitrogen and oxygen atoms in total. The number of rotatable bonds is 3. The highest BCUT2D eigenvalue weighted by molar-refractivity contribution is 5.79. The fourth-order valence-electron chi connectivity index (χ4n) is 3.21. The molecule has 4 aromatic rings. The Morgan fingerprint density at radius 3 is 2.36 bits per heavy atom. The topological polar surface area (TPSA) is 43.8 Å². The maximum absolute atomic E-state index is 12.8. The van der Waals surface area contributed by atoms with E-state index in [1.165, 1.54) is 12.1 Å². The third-order valence-corrected chi connectivity index (χ3v) is 4.77. The van der Waals surface area contributed by atoms with Gasteiger partial charge in [0.15, 0.2) is 0 Å². The summed E-state index contributed by atoms with van der Waals surface area (Å²) in [7, 11) is 0. The normalized spacial score (nSPS) is 13.0. The van der Waals surface area contributed by atoms with Crippen molar-refractivity contribution >= 4 is 11.0 Å². The molecule has 4 rings (SSSR count). The summed E-state index contributed by atoms with van der Waals surface area (Å²) >= 11 is 0. The van der Waals surface area contributed by atoms with E-state index in [1.54, 1.807) is 6.33 Å². The third kappa shape index (κ3) is 3.39. The first-order valence-electron chi connectivity index (χ1n) is 8.83. The highest BCUT2D eigenvalue weighted by atomic mass is 19.4. The Morgan fingerprint density at radius 2 is 1.68 bits per heavy atom. The molecular formula is C22H18F3N3. The molecule has 1 heterocycles. The number of aromatic nitrogens is 2. The fraction of sp³-hybridized carbons (Fsp3) is 0.136. The van der Waals surface area contributed by atoms with Gasteiger partial charge in [0, 0.05) is 11.7 Å². The molecule has 142 valence electrons. The first-order chi connectivity index (χ1) is 13.3. The van der Waals surface area contributed by atoms with E-state index < -0.39 is 11.7 Å². The predicted octanol–water partition coefficient (Wildman–Crippen LogP) is 5.73. The smallest absolute Gasteiger partial charge is 0.324 e. The lowest BCUT2D eigenvalue weighted by atomic mass is 10.0. The minimum Gasteiger partial charge on any atom is -0.324 e. The van der Waals surface area contributed by atoms with Gasteiger partial charge >= 0.3 is 6.18 Å². The second kappa shape index (κ2) is 6.80. The second-order valence-corrected chi connectivity index (χ2v) is 6.78. The quantitative estimate of drug-likeness (QED) is 0.492. The van der Waals surface area contributed by atoms with Crippen molar-refractivity contribution in [2.75, 3.05) is 0 Å². The number of nitrogens with two attached hydrogens (primary N) is 1. The van der Waals surface area contributed by atoms with Crippen LogP contribution in [0, 0.1) is 0 Å². The molecule has 0 aliphatic carbocycles. The van der Waals surface area contributed by atoms with Gasteiger partial charge in [-0.2, -0.15) is 13.2 Å². The summed E-state index contributed by atoms with van der Waals surface area (Å²) in [5.74, 6) is 0. The van der Waals surface area contributed by atoms with E-state index in [1.807, 2.05) is 54.0 Å². The Morgan fingerprint density at radius 1 is 0.929 bits per heavy atom. The van der Waals surface area contributed by atoms with Crippen LogP contribution in [-0.4, -0.2) is 9.55 Å². The van der Waals surface area contributed by atoms with Crippen LogP contribution in [0.2, 0.25) is 0 Å². The van der Waals surface area contributed by atoms with Crippen LogP contribution in [0.5, 0.6) is 0 Å². The Bertz CT molecular complexity index is 1130.